The van der Waals surface area contributed by atoms with Crippen molar-refractivity contribution in [2.24, 2.45) is 56.0 Å². The highest BCUT2D eigenvalue weighted by Crippen LogP contribution is 2.74. The molecular formula is C40H47N5O4. The molecule has 2 unspecified atom stereocenters. The van der Waals surface area contributed by atoms with Crippen molar-refractivity contribution in [2.75, 3.05) is 0 Å². The summed E-state index contributed by atoms with van der Waals surface area (Å²) in [5.74, 6) is -1.25. The van der Waals surface area contributed by atoms with Gasteiger partial charge in [-0.25, -0.2) is 14.8 Å². The molecule has 0 radical (unpaired) electrons. The predicted molar refractivity (Wildman–Crippen MR) is 184 cm³/mol. The minimum absolute atomic E-state index is 0.0169. The maximum atomic E-state index is 14.9. The highest BCUT2D eigenvalue weighted by Gasteiger charge is 2.70. The van der Waals surface area contributed by atoms with Gasteiger partial charge in [-0.15, -0.1) is 0 Å². The number of nitrogens with zero attached hydrogens (tertiary/aromatic N) is 4. The van der Waals surface area contributed by atoms with Gasteiger partial charge in [0.2, 0.25) is 11.6 Å². The van der Waals surface area contributed by atoms with Gasteiger partial charge in [0, 0.05) is 22.9 Å². The second-order valence-electron chi connectivity index (χ2n) is 17.6. The Morgan fingerprint density at radius 2 is 1.69 bits per heavy atom. The van der Waals surface area contributed by atoms with Crippen LogP contribution in [0.25, 0.3) is 16.2 Å². The number of rotatable bonds is 3. The van der Waals surface area contributed by atoms with Gasteiger partial charge in [0.1, 0.15) is 17.7 Å². The average Bonchev–Trinajstić information content (AvgIpc) is 3.54. The van der Waals surface area contributed by atoms with E-state index in [1.807, 2.05) is 26.0 Å². The van der Waals surface area contributed by atoms with Crippen LogP contribution in [0.2, 0.25) is 0 Å². The standard InChI is InChI=1S/C40H47N5O4/c1-35(2)14-16-40(34(49)45-21-27(43-22-45)24-10-9-11-25(44-24)33(41)48)17-15-39(7)31(23(40)19-35)28(46)18-30-37(5)20-26(42-8)32(47)36(3,4)29(37)12-13-38(30,39)6/h9-11,18,20-23,29,31H,12-17,19H2,1-7H3,(H2,41,48)/t23?,29?,31-,37-,38+,39+,40-/m0/s1. The van der Waals surface area contributed by atoms with E-state index in [1.165, 1.54) is 6.33 Å². The molecule has 0 aliphatic heterocycles. The molecule has 5 aliphatic rings. The van der Waals surface area contributed by atoms with E-state index in [0.717, 1.165) is 31.3 Å². The number of hydrogen-bond acceptors (Lipinski definition) is 6. The summed E-state index contributed by atoms with van der Waals surface area (Å²) in [5, 5.41) is 0. The first-order chi connectivity index (χ1) is 22.8. The molecule has 2 aromatic rings. The highest BCUT2D eigenvalue weighted by atomic mass is 16.2. The van der Waals surface area contributed by atoms with Crippen LogP contribution >= 0.6 is 0 Å². The molecule has 2 heterocycles. The number of primary amides is 1. The molecule has 9 heteroatoms. The van der Waals surface area contributed by atoms with Crippen LogP contribution < -0.4 is 5.73 Å². The summed E-state index contributed by atoms with van der Waals surface area (Å²) < 4.78 is 1.57. The topological polar surface area (TPSA) is 129 Å². The van der Waals surface area contributed by atoms with Gasteiger partial charge < -0.3 is 10.5 Å². The van der Waals surface area contributed by atoms with Gasteiger partial charge in [-0.3, -0.25) is 19.0 Å². The number of hydrogen-bond donors (Lipinski definition) is 1. The van der Waals surface area contributed by atoms with Crippen molar-refractivity contribution in [3.05, 3.63) is 71.3 Å². The molecule has 9 nitrogen and oxygen atoms in total. The first-order valence-electron chi connectivity index (χ1n) is 17.6. The predicted octanol–water partition coefficient (Wildman–Crippen LogP) is 7.26. The van der Waals surface area contributed by atoms with Crippen molar-refractivity contribution < 1.29 is 19.2 Å². The Morgan fingerprint density at radius 1 is 0.980 bits per heavy atom. The second-order valence-corrected chi connectivity index (χ2v) is 17.6. The van der Waals surface area contributed by atoms with Gasteiger partial charge in [-0.05, 0) is 91.2 Å². The molecule has 2 aromatic heterocycles. The number of nitrogens with two attached hydrogens (primary N) is 1. The van der Waals surface area contributed by atoms with Crippen LogP contribution in [0, 0.1) is 56.8 Å². The molecule has 3 fully saturated rings. The largest absolute Gasteiger partial charge is 0.364 e. The highest BCUT2D eigenvalue weighted by molar-refractivity contribution is 6.03. The molecule has 1 amide bonds. The molecule has 0 bridgehead atoms. The molecule has 0 spiro atoms. The van der Waals surface area contributed by atoms with Gasteiger partial charge in [0.05, 0.1) is 17.7 Å². The minimum Gasteiger partial charge on any atom is -0.364 e. The van der Waals surface area contributed by atoms with Gasteiger partial charge in [-0.1, -0.05) is 66.2 Å². The zero-order chi connectivity index (χ0) is 35.5. The molecule has 49 heavy (non-hydrogen) atoms. The number of ketones is 2. The maximum absolute atomic E-state index is 14.9. The van der Waals surface area contributed by atoms with Crippen LogP contribution in [0.5, 0.6) is 0 Å². The molecular weight excluding hydrogens is 614 g/mol. The van der Waals surface area contributed by atoms with E-state index in [-0.39, 0.29) is 57.4 Å². The van der Waals surface area contributed by atoms with Crippen molar-refractivity contribution in [2.45, 2.75) is 93.4 Å². The number of carbonyl (C=O) groups excluding carboxylic acids is 4. The average molecular weight is 662 g/mol. The first-order valence-corrected chi connectivity index (χ1v) is 17.6. The zero-order valence-electron chi connectivity index (χ0n) is 29.7. The van der Waals surface area contributed by atoms with E-state index in [4.69, 9.17) is 12.3 Å². The summed E-state index contributed by atoms with van der Waals surface area (Å²) in [7, 11) is 0. The maximum Gasteiger partial charge on any atom is 0.267 e. The smallest absolute Gasteiger partial charge is 0.267 e. The third-order valence-electron chi connectivity index (χ3n) is 14.3. The monoisotopic (exact) mass is 661 g/mol. The number of Topliss-reactive ketones (excluding diaryl/α,β-unsaturated/α-hetero) is 1. The Bertz CT molecular complexity index is 1940. The van der Waals surface area contributed by atoms with Gasteiger partial charge in [-0.2, -0.15) is 0 Å². The summed E-state index contributed by atoms with van der Waals surface area (Å²) in [4.78, 5) is 67.5. The van der Waals surface area contributed by atoms with Crippen molar-refractivity contribution in [1.82, 2.24) is 14.5 Å². The van der Waals surface area contributed by atoms with E-state index in [1.54, 1.807) is 29.0 Å². The molecule has 7 rings (SSSR count). The fraction of sp³-hybridized carbons (Fsp3) is 0.575. The molecule has 256 valence electrons. The van der Waals surface area contributed by atoms with Crippen molar-refractivity contribution in [3.63, 3.8) is 0 Å². The van der Waals surface area contributed by atoms with E-state index in [0.29, 0.717) is 30.7 Å². The lowest BCUT2D eigenvalue weighted by molar-refractivity contribution is -0.164. The molecule has 7 atom stereocenters. The van der Waals surface area contributed by atoms with Crippen LogP contribution in [-0.4, -0.2) is 37.9 Å². The van der Waals surface area contributed by atoms with E-state index in [9.17, 15) is 19.2 Å². The van der Waals surface area contributed by atoms with Crippen molar-refractivity contribution in [1.29, 1.82) is 0 Å². The fourth-order valence-electron chi connectivity index (χ4n) is 11.5. The Balaban J connectivity index is 1.32. The number of pyridine rings is 1. The number of carbonyl (C=O) groups is 4. The number of fused-ring (bicyclic) bond motifs is 7. The first kappa shape index (κ1) is 33.3. The molecule has 2 N–H and O–H groups in total. The normalized spacial score (nSPS) is 37.3. The fourth-order valence-corrected chi connectivity index (χ4v) is 11.5. The van der Waals surface area contributed by atoms with Crippen LogP contribution in [-0.2, 0) is 9.59 Å². The van der Waals surface area contributed by atoms with Crippen LogP contribution in [0.15, 0.2) is 54.1 Å². The summed E-state index contributed by atoms with van der Waals surface area (Å²) in [6, 6.07) is 4.97. The Morgan fingerprint density at radius 3 is 2.39 bits per heavy atom. The van der Waals surface area contributed by atoms with E-state index in [2.05, 4.69) is 49.4 Å². The quantitative estimate of drug-likeness (QED) is 0.345. The Labute approximate surface area is 288 Å². The summed E-state index contributed by atoms with van der Waals surface area (Å²) in [6.07, 6.45) is 12.4. The molecule has 0 saturated heterocycles. The van der Waals surface area contributed by atoms with Crippen LogP contribution in [0.3, 0.4) is 0 Å². The van der Waals surface area contributed by atoms with E-state index >= 15 is 0 Å². The van der Waals surface area contributed by atoms with Crippen molar-refractivity contribution in [3.8, 4) is 11.4 Å². The second kappa shape index (κ2) is 10.4. The van der Waals surface area contributed by atoms with Gasteiger partial charge >= 0.3 is 0 Å². The third kappa shape index (κ3) is 4.41. The lowest BCUT2D eigenvalue weighted by Crippen LogP contribution is -2.66. The molecule has 0 aromatic carbocycles. The lowest BCUT2D eigenvalue weighted by atomic mass is 9.34. The number of aromatic nitrogens is 3. The lowest BCUT2D eigenvalue weighted by Gasteiger charge is -2.69. The Hall–Kier alpha value is -4.19. The number of amides is 1. The van der Waals surface area contributed by atoms with Crippen LogP contribution in [0.4, 0.5) is 0 Å². The van der Waals surface area contributed by atoms with E-state index < -0.39 is 27.6 Å². The van der Waals surface area contributed by atoms with Gasteiger partial charge in [0.15, 0.2) is 11.6 Å². The third-order valence-corrected chi connectivity index (χ3v) is 14.3. The molecule has 5 aliphatic carbocycles. The zero-order valence-corrected chi connectivity index (χ0v) is 29.7. The minimum atomic E-state index is -0.741. The SMILES string of the molecule is [C-]#[N+]C1=C[C@]2(C)C3=CC(=O)[C@@H]4C5CC(C)(C)CC[C@]5(C(=O)n5cnc(-c6cccc(C(N)=O)n6)c5)CC[C@@]4(C)[C@]3(C)CCC2C(C)(C)C1=O. The summed E-state index contributed by atoms with van der Waals surface area (Å²) >= 11 is 0. The Kier molecular flexibility index (Phi) is 7.08. The summed E-state index contributed by atoms with van der Waals surface area (Å²) in [5.41, 5.74) is 4.88. The number of imidazole rings is 1. The van der Waals surface area contributed by atoms with Crippen LogP contribution in [0.1, 0.15) is 109 Å². The number of allylic oxidation sites excluding steroid dienone is 4. The molecule has 3 saturated carbocycles. The van der Waals surface area contributed by atoms with Gasteiger partial charge in [0.25, 0.3) is 5.91 Å². The summed E-state index contributed by atoms with van der Waals surface area (Å²) in [6.45, 7) is 23.0. The van der Waals surface area contributed by atoms with Crippen molar-refractivity contribution >= 4 is 23.4 Å².